The first-order valence-corrected chi connectivity index (χ1v) is 12.0. The van der Waals surface area contributed by atoms with Gasteiger partial charge in [0, 0.05) is 28.7 Å². The zero-order valence-corrected chi connectivity index (χ0v) is 19.9. The maximum Gasteiger partial charge on any atom is 0.265 e. The van der Waals surface area contributed by atoms with Crippen molar-refractivity contribution in [2.75, 3.05) is 22.5 Å². The van der Waals surface area contributed by atoms with Gasteiger partial charge in [0.2, 0.25) is 0 Å². The average Bonchev–Trinajstić information content (AvgIpc) is 2.80. The molecule has 34 heavy (non-hydrogen) atoms. The number of aryl methyl sites for hydroxylation is 1. The summed E-state index contributed by atoms with van der Waals surface area (Å²) in [6, 6.07) is 18.4. The van der Waals surface area contributed by atoms with Gasteiger partial charge in [0.05, 0.1) is 7.11 Å². The van der Waals surface area contributed by atoms with E-state index in [1.807, 2.05) is 18.2 Å². The molecule has 3 N–H and O–H groups in total. The van der Waals surface area contributed by atoms with E-state index in [0.717, 1.165) is 0 Å². The highest BCUT2D eigenvalue weighted by Gasteiger charge is 2.20. The number of ether oxygens (including phenoxy) is 1. The third-order valence-electron chi connectivity index (χ3n) is 4.58. The molecule has 0 radical (unpaired) electrons. The van der Waals surface area contributed by atoms with Gasteiger partial charge >= 0.3 is 0 Å². The van der Waals surface area contributed by atoms with E-state index in [4.69, 9.17) is 16.3 Å². The number of aromatic nitrogens is 3. The summed E-state index contributed by atoms with van der Waals surface area (Å²) >= 11 is 5.97. The summed E-state index contributed by atoms with van der Waals surface area (Å²) in [4.78, 5) is 13.0. The second-order valence-corrected chi connectivity index (χ2v) is 9.22. The third-order valence-corrected chi connectivity index (χ3v) is 6.22. The Kier molecular flexibility index (Phi) is 6.80. The summed E-state index contributed by atoms with van der Waals surface area (Å²) in [7, 11) is -2.51. The van der Waals surface area contributed by atoms with Crippen LogP contribution in [0.4, 0.5) is 28.8 Å². The lowest BCUT2D eigenvalue weighted by Crippen LogP contribution is -2.14. The number of pyridine rings is 1. The summed E-state index contributed by atoms with van der Waals surface area (Å²) in [6.45, 7) is 1.79. The molecular formula is C23H21ClN6O3S. The molecule has 0 aliphatic carbocycles. The molecule has 0 saturated carbocycles. The number of nitrogens with one attached hydrogen (secondary N) is 3. The molecule has 4 aromatic rings. The molecule has 0 amide bonds. The van der Waals surface area contributed by atoms with Crippen molar-refractivity contribution in [3.8, 4) is 5.75 Å². The molecule has 2 aromatic heterocycles. The molecule has 0 unspecified atom stereocenters. The smallest absolute Gasteiger partial charge is 0.265 e. The highest BCUT2D eigenvalue weighted by molar-refractivity contribution is 7.92. The van der Waals surface area contributed by atoms with Crippen molar-refractivity contribution in [3.63, 3.8) is 0 Å². The van der Waals surface area contributed by atoms with Gasteiger partial charge in [-0.1, -0.05) is 17.7 Å². The normalized spacial score (nSPS) is 11.0. The average molecular weight is 497 g/mol. The standard InChI is InChI=1S/C23H21ClN6O3S/c1-15-26-22(14-23(27-15)29-21-5-3-4-12-25-21)28-17-7-9-18(10-8-17)30-34(31,32)20-13-16(24)6-11-19(20)33-2/h3-14,30H,1-2H3,(H2,25,26,27,28,29). The van der Waals surface area contributed by atoms with Crippen LogP contribution < -0.4 is 20.1 Å². The minimum absolute atomic E-state index is 0.0471. The van der Waals surface area contributed by atoms with Gasteiger partial charge in [0.15, 0.2) is 0 Å². The van der Waals surface area contributed by atoms with E-state index in [2.05, 4.69) is 30.3 Å². The van der Waals surface area contributed by atoms with Crippen LogP contribution in [-0.4, -0.2) is 30.5 Å². The van der Waals surface area contributed by atoms with Crippen LogP contribution in [0.2, 0.25) is 5.02 Å². The molecule has 0 spiro atoms. The summed E-state index contributed by atoms with van der Waals surface area (Å²) < 4.78 is 33.4. The number of hydrogen-bond donors (Lipinski definition) is 3. The van der Waals surface area contributed by atoms with Gasteiger partial charge in [-0.3, -0.25) is 4.72 Å². The molecule has 2 heterocycles. The van der Waals surface area contributed by atoms with E-state index in [1.165, 1.54) is 19.2 Å². The van der Waals surface area contributed by atoms with E-state index >= 15 is 0 Å². The Hall–Kier alpha value is -3.89. The molecule has 0 saturated heterocycles. The van der Waals surface area contributed by atoms with Crippen molar-refractivity contribution in [2.45, 2.75) is 11.8 Å². The van der Waals surface area contributed by atoms with Crippen molar-refractivity contribution in [1.29, 1.82) is 0 Å². The molecule has 0 aliphatic rings. The fourth-order valence-electron chi connectivity index (χ4n) is 3.10. The van der Waals surface area contributed by atoms with Crippen LogP contribution in [-0.2, 0) is 10.0 Å². The van der Waals surface area contributed by atoms with E-state index in [1.54, 1.807) is 49.5 Å². The number of nitrogens with zero attached hydrogens (tertiary/aromatic N) is 3. The number of benzene rings is 2. The fourth-order valence-corrected chi connectivity index (χ4v) is 4.60. The Morgan fingerprint density at radius 1 is 0.853 bits per heavy atom. The Bertz CT molecular complexity index is 1400. The lowest BCUT2D eigenvalue weighted by molar-refractivity contribution is 0.403. The predicted molar refractivity (Wildman–Crippen MR) is 133 cm³/mol. The van der Waals surface area contributed by atoms with Crippen LogP contribution in [0.5, 0.6) is 5.75 Å². The van der Waals surface area contributed by atoms with Crippen LogP contribution in [0, 0.1) is 6.92 Å². The quantitative estimate of drug-likeness (QED) is 0.307. The van der Waals surface area contributed by atoms with Crippen LogP contribution in [0.3, 0.4) is 0 Å². The molecule has 2 aromatic carbocycles. The molecule has 0 fully saturated rings. The van der Waals surface area contributed by atoms with E-state index in [9.17, 15) is 8.42 Å². The van der Waals surface area contributed by atoms with Gasteiger partial charge in [0.25, 0.3) is 10.0 Å². The lowest BCUT2D eigenvalue weighted by atomic mass is 10.3. The van der Waals surface area contributed by atoms with E-state index in [-0.39, 0.29) is 15.7 Å². The first-order valence-electron chi connectivity index (χ1n) is 10.1. The van der Waals surface area contributed by atoms with Gasteiger partial charge in [-0.2, -0.15) is 0 Å². The topological polar surface area (TPSA) is 118 Å². The highest BCUT2D eigenvalue weighted by atomic mass is 35.5. The summed E-state index contributed by atoms with van der Waals surface area (Å²) in [6.07, 6.45) is 1.69. The van der Waals surface area contributed by atoms with Crippen molar-refractivity contribution < 1.29 is 13.2 Å². The van der Waals surface area contributed by atoms with Crippen molar-refractivity contribution in [3.05, 3.63) is 83.8 Å². The summed E-state index contributed by atoms with van der Waals surface area (Å²) in [5, 5.41) is 6.62. The van der Waals surface area contributed by atoms with Gasteiger partial charge in [0.1, 0.15) is 33.9 Å². The van der Waals surface area contributed by atoms with Gasteiger partial charge in [-0.05, 0) is 61.5 Å². The predicted octanol–water partition coefficient (Wildman–Crippen LogP) is 5.13. The number of anilines is 5. The zero-order chi connectivity index (χ0) is 24.1. The van der Waals surface area contributed by atoms with E-state index < -0.39 is 10.0 Å². The maximum atomic E-state index is 12.8. The van der Waals surface area contributed by atoms with Crippen molar-refractivity contribution in [1.82, 2.24) is 15.0 Å². The van der Waals surface area contributed by atoms with Crippen LogP contribution in [0.1, 0.15) is 5.82 Å². The summed E-state index contributed by atoms with van der Waals surface area (Å²) in [5.41, 5.74) is 1.09. The molecule has 0 aliphatic heterocycles. The molecular weight excluding hydrogens is 476 g/mol. The van der Waals surface area contributed by atoms with Gasteiger partial charge in [-0.15, -0.1) is 0 Å². The van der Waals surface area contributed by atoms with Crippen LogP contribution in [0.25, 0.3) is 0 Å². The summed E-state index contributed by atoms with van der Waals surface area (Å²) in [5.74, 6) is 2.60. The van der Waals surface area contributed by atoms with E-state index in [0.29, 0.717) is 34.7 Å². The first-order chi connectivity index (χ1) is 16.3. The first kappa shape index (κ1) is 23.3. The molecule has 4 rings (SSSR count). The number of hydrogen-bond acceptors (Lipinski definition) is 8. The van der Waals surface area contributed by atoms with Crippen molar-refractivity contribution >= 4 is 50.5 Å². The number of halogens is 1. The van der Waals surface area contributed by atoms with Gasteiger partial charge in [-0.25, -0.2) is 23.4 Å². The zero-order valence-electron chi connectivity index (χ0n) is 18.3. The Morgan fingerprint density at radius 2 is 1.56 bits per heavy atom. The Labute approximate surface area is 202 Å². The number of rotatable bonds is 8. The Morgan fingerprint density at radius 3 is 2.24 bits per heavy atom. The van der Waals surface area contributed by atoms with Crippen LogP contribution >= 0.6 is 11.6 Å². The SMILES string of the molecule is COc1ccc(Cl)cc1S(=O)(=O)Nc1ccc(Nc2cc(Nc3ccccn3)nc(C)n2)cc1. The largest absolute Gasteiger partial charge is 0.495 e. The van der Waals surface area contributed by atoms with Crippen molar-refractivity contribution in [2.24, 2.45) is 0 Å². The highest BCUT2D eigenvalue weighted by Crippen LogP contribution is 2.29. The van der Waals surface area contributed by atoms with Crippen LogP contribution in [0.15, 0.2) is 77.8 Å². The lowest BCUT2D eigenvalue weighted by Gasteiger charge is -2.13. The third kappa shape index (κ3) is 5.72. The molecule has 9 nitrogen and oxygen atoms in total. The molecule has 0 atom stereocenters. The number of sulfonamides is 1. The second kappa shape index (κ2) is 9.94. The maximum absolute atomic E-state index is 12.8. The second-order valence-electron chi connectivity index (χ2n) is 7.13. The fraction of sp³-hybridized carbons (Fsp3) is 0.0870. The molecule has 11 heteroatoms. The minimum atomic E-state index is -3.91. The van der Waals surface area contributed by atoms with Gasteiger partial charge < -0.3 is 15.4 Å². The Balaban J connectivity index is 1.49. The molecule has 0 bridgehead atoms. The minimum Gasteiger partial charge on any atom is -0.495 e. The molecule has 174 valence electrons. The number of methoxy groups -OCH3 is 1. The monoisotopic (exact) mass is 496 g/mol.